The van der Waals surface area contributed by atoms with Gasteiger partial charge in [0.15, 0.2) is 0 Å². The van der Waals surface area contributed by atoms with E-state index >= 15 is 0 Å². The lowest BCUT2D eigenvalue weighted by Gasteiger charge is -2.23. The number of benzene rings is 1. The molecule has 3 unspecified atom stereocenters. The zero-order valence-corrected chi connectivity index (χ0v) is 10.7. The summed E-state index contributed by atoms with van der Waals surface area (Å²) in [6.07, 6.45) is 3.06. The molecule has 0 amide bonds. The van der Waals surface area contributed by atoms with Crippen molar-refractivity contribution < 1.29 is 9.90 Å². The van der Waals surface area contributed by atoms with E-state index in [1.807, 2.05) is 0 Å². The van der Waals surface area contributed by atoms with E-state index in [9.17, 15) is 9.90 Å². The highest BCUT2D eigenvalue weighted by molar-refractivity contribution is 5.71. The number of nitrogens with zero attached hydrogens (tertiary/aromatic N) is 1. The highest BCUT2D eigenvalue weighted by Gasteiger charge is 2.48. The molecule has 96 valence electrons. The molecule has 2 fully saturated rings. The van der Waals surface area contributed by atoms with Gasteiger partial charge in [-0.2, -0.15) is 0 Å². The Labute approximate surface area is 107 Å². The zero-order valence-electron chi connectivity index (χ0n) is 10.7. The van der Waals surface area contributed by atoms with Gasteiger partial charge in [-0.25, -0.2) is 0 Å². The number of carboxylic acids is 1. The fraction of sp³-hybridized carbons (Fsp3) is 0.533. The third-order valence-corrected chi connectivity index (χ3v) is 4.61. The second-order valence-corrected chi connectivity index (χ2v) is 5.58. The van der Waals surface area contributed by atoms with Gasteiger partial charge in [-0.3, -0.25) is 9.69 Å². The van der Waals surface area contributed by atoms with Crippen molar-refractivity contribution in [1.82, 2.24) is 4.90 Å². The number of hydrogen-bond donors (Lipinski definition) is 1. The van der Waals surface area contributed by atoms with Crippen molar-refractivity contribution in [3.8, 4) is 0 Å². The molecule has 3 rings (SSSR count). The average Bonchev–Trinajstić information content (AvgIpc) is 2.89. The van der Waals surface area contributed by atoms with Crippen LogP contribution in [0.2, 0.25) is 0 Å². The number of fused-ring (bicyclic) bond motifs is 2. The molecule has 2 aliphatic rings. The summed E-state index contributed by atoms with van der Waals surface area (Å²) in [5.74, 6) is -0.759. The van der Waals surface area contributed by atoms with Crippen LogP contribution in [0.3, 0.4) is 0 Å². The van der Waals surface area contributed by atoms with Gasteiger partial charge in [0.1, 0.15) is 0 Å². The van der Waals surface area contributed by atoms with Crippen LogP contribution in [0.25, 0.3) is 0 Å². The first kappa shape index (κ1) is 11.7. The molecule has 3 nitrogen and oxygen atoms in total. The highest BCUT2D eigenvalue weighted by atomic mass is 16.4. The van der Waals surface area contributed by atoms with Gasteiger partial charge >= 0.3 is 5.97 Å². The number of carbonyl (C=O) groups is 1. The van der Waals surface area contributed by atoms with Crippen molar-refractivity contribution in [3.63, 3.8) is 0 Å². The minimum atomic E-state index is -0.614. The van der Waals surface area contributed by atoms with Gasteiger partial charge in [-0.1, -0.05) is 24.3 Å². The second-order valence-electron chi connectivity index (χ2n) is 5.58. The summed E-state index contributed by atoms with van der Waals surface area (Å²) in [5.41, 5.74) is 2.64. The van der Waals surface area contributed by atoms with E-state index in [0.29, 0.717) is 6.04 Å². The van der Waals surface area contributed by atoms with Crippen molar-refractivity contribution in [2.24, 2.45) is 5.92 Å². The molecule has 0 saturated carbocycles. The molecule has 3 heteroatoms. The Morgan fingerprint density at radius 3 is 2.83 bits per heavy atom. The number of aliphatic carboxylic acids is 1. The SMILES string of the molecule is Cc1ccccc1CN1C2CCC1C(C(=O)O)C2. The predicted octanol–water partition coefficient (Wildman–Crippen LogP) is 2.43. The molecule has 1 N–H and O–H groups in total. The van der Waals surface area contributed by atoms with Crippen LogP contribution in [0.15, 0.2) is 24.3 Å². The Kier molecular flexibility index (Phi) is 2.86. The monoisotopic (exact) mass is 245 g/mol. The minimum Gasteiger partial charge on any atom is -0.481 e. The topological polar surface area (TPSA) is 40.5 Å². The van der Waals surface area contributed by atoms with E-state index in [2.05, 4.69) is 36.1 Å². The van der Waals surface area contributed by atoms with Gasteiger partial charge in [0.05, 0.1) is 5.92 Å². The van der Waals surface area contributed by atoms with Crippen LogP contribution >= 0.6 is 0 Å². The zero-order chi connectivity index (χ0) is 12.7. The van der Waals surface area contributed by atoms with Crippen molar-refractivity contribution in [1.29, 1.82) is 0 Å². The summed E-state index contributed by atoms with van der Waals surface area (Å²) in [6.45, 7) is 3.04. The summed E-state index contributed by atoms with van der Waals surface area (Å²) in [6, 6.07) is 9.14. The third-order valence-electron chi connectivity index (χ3n) is 4.61. The second kappa shape index (κ2) is 4.39. The molecule has 0 radical (unpaired) electrons. The molecule has 3 atom stereocenters. The van der Waals surface area contributed by atoms with Crippen LogP contribution in [-0.2, 0) is 11.3 Å². The van der Waals surface area contributed by atoms with Gasteiger partial charge in [0, 0.05) is 18.6 Å². The van der Waals surface area contributed by atoms with Gasteiger partial charge in [0.2, 0.25) is 0 Å². The summed E-state index contributed by atoms with van der Waals surface area (Å²) in [5, 5.41) is 9.25. The van der Waals surface area contributed by atoms with E-state index in [-0.39, 0.29) is 12.0 Å². The maximum atomic E-state index is 11.2. The normalized spacial score (nSPS) is 30.8. The van der Waals surface area contributed by atoms with Gasteiger partial charge < -0.3 is 5.11 Å². The van der Waals surface area contributed by atoms with Crippen LogP contribution in [0.5, 0.6) is 0 Å². The standard InChI is InChI=1S/C15H19NO2/c1-10-4-2-3-5-11(10)9-16-12-6-7-14(16)13(8-12)15(17)18/h2-5,12-14H,6-9H2,1H3,(H,17,18). The maximum Gasteiger partial charge on any atom is 0.308 e. The van der Waals surface area contributed by atoms with E-state index in [0.717, 1.165) is 19.4 Å². The molecule has 2 heterocycles. The average molecular weight is 245 g/mol. The number of carboxylic acid groups (broad SMARTS) is 1. The Morgan fingerprint density at radius 2 is 2.17 bits per heavy atom. The highest BCUT2D eigenvalue weighted by Crippen LogP contribution is 2.42. The molecule has 0 aromatic heterocycles. The molecule has 0 spiro atoms. The first-order chi connectivity index (χ1) is 8.66. The minimum absolute atomic E-state index is 0.146. The van der Waals surface area contributed by atoms with E-state index in [1.165, 1.54) is 17.5 Å². The first-order valence-electron chi connectivity index (χ1n) is 6.70. The molecule has 1 aromatic rings. The molecule has 2 saturated heterocycles. The van der Waals surface area contributed by atoms with E-state index in [4.69, 9.17) is 0 Å². The molecule has 2 aliphatic heterocycles. The van der Waals surface area contributed by atoms with Crippen LogP contribution in [0, 0.1) is 12.8 Å². The Hall–Kier alpha value is -1.35. The first-order valence-corrected chi connectivity index (χ1v) is 6.70. The largest absolute Gasteiger partial charge is 0.481 e. The van der Waals surface area contributed by atoms with Crippen LogP contribution in [0.4, 0.5) is 0 Å². The van der Waals surface area contributed by atoms with Crippen LogP contribution in [0.1, 0.15) is 30.4 Å². The fourth-order valence-corrected chi connectivity index (χ4v) is 3.60. The summed E-state index contributed by atoms with van der Waals surface area (Å²) in [4.78, 5) is 13.6. The molecule has 18 heavy (non-hydrogen) atoms. The summed E-state index contributed by atoms with van der Waals surface area (Å²) >= 11 is 0. The van der Waals surface area contributed by atoms with E-state index in [1.54, 1.807) is 0 Å². The summed E-state index contributed by atoms with van der Waals surface area (Å²) in [7, 11) is 0. The van der Waals surface area contributed by atoms with Gasteiger partial charge in [-0.15, -0.1) is 0 Å². The van der Waals surface area contributed by atoms with Crippen LogP contribution in [-0.4, -0.2) is 28.1 Å². The lowest BCUT2D eigenvalue weighted by atomic mass is 9.89. The van der Waals surface area contributed by atoms with Crippen molar-refractivity contribution in [2.45, 2.75) is 44.8 Å². The third kappa shape index (κ3) is 1.83. The molecular formula is C15H19NO2. The van der Waals surface area contributed by atoms with Gasteiger partial charge in [-0.05, 0) is 37.3 Å². The lowest BCUT2D eigenvalue weighted by molar-refractivity contribution is -0.142. The quantitative estimate of drug-likeness (QED) is 0.889. The molecule has 2 bridgehead atoms. The Morgan fingerprint density at radius 1 is 1.39 bits per heavy atom. The fourth-order valence-electron chi connectivity index (χ4n) is 3.60. The maximum absolute atomic E-state index is 11.2. The number of aryl methyl sites for hydroxylation is 1. The molecular weight excluding hydrogens is 226 g/mol. The summed E-state index contributed by atoms with van der Waals surface area (Å²) < 4.78 is 0. The number of hydrogen-bond acceptors (Lipinski definition) is 2. The predicted molar refractivity (Wildman–Crippen MR) is 69.3 cm³/mol. The van der Waals surface area contributed by atoms with Crippen molar-refractivity contribution >= 4 is 5.97 Å². The molecule has 0 aliphatic carbocycles. The smallest absolute Gasteiger partial charge is 0.308 e. The van der Waals surface area contributed by atoms with E-state index < -0.39 is 5.97 Å². The Balaban J connectivity index is 1.79. The van der Waals surface area contributed by atoms with Crippen molar-refractivity contribution in [3.05, 3.63) is 35.4 Å². The number of rotatable bonds is 3. The van der Waals surface area contributed by atoms with Crippen molar-refractivity contribution in [2.75, 3.05) is 0 Å². The van der Waals surface area contributed by atoms with Gasteiger partial charge in [0.25, 0.3) is 0 Å². The lowest BCUT2D eigenvalue weighted by Crippen LogP contribution is -2.32. The molecule has 1 aromatic carbocycles. The van der Waals surface area contributed by atoms with Crippen LogP contribution < -0.4 is 0 Å². The Bertz CT molecular complexity index is 471.